The zero-order valence-corrected chi connectivity index (χ0v) is 30.2. The Hall–Kier alpha value is -6.33. The van der Waals surface area contributed by atoms with E-state index in [9.17, 15) is 14.4 Å². The zero-order chi connectivity index (χ0) is 36.9. The van der Waals surface area contributed by atoms with E-state index in [0.29, 0.717) is 38.5 Å². The highest BCUT2D eigenvalue weighted by molar-refractivity contribution is 7.07. The molecule has 266 valence electrons. The van der Waals surface area contributed by atoms with Gasteiger partial charge in [-0.25, -0.2) is 19.3 Å². The molecule has 0 aliphatic carbocycles. The lowest BCUT2D eigenvalue weighted by Crippen LogP contribution is -2.39. The lowest BCUT2D eigenvalue weighted by Gasteiger charge is -2.25. The van der Waals surface area contributed by atoms with Crippen LogP contribution in [0.5, 0.6) is 5.75 Å². The summed E-state index contributed by atoms with van der Waals surface area (Å²) in [5.41, 5.74) is 5.21. The van der Waals surface area contributed by atoms with E-state index in [1.165, 1.54) is 23.0 Å². The number of esters is 2. The van der Waals surface area contributed by atoms with E-state index in [1.807, 2.05) is 97.2 Å². The van der Waals surface area contributed by atoms with Crippen molar-refractivity contribution >= 4 is 29.4 Å². The molecule has 0 saturated carbocycles. The summed E-state index contributed by atoms with van der Waals surface area (Å²) >= 11 is 1.23. The van der Waals surface area contributed by atoms with Crippen molar-refractivity contribution in [2.75, 3.05) is 13.7 Å². The van der Waals surface area contributed by atoms with E-state index in [-0.39, 0.29) is 17.7 Å². The van der Waals surface area contributed by atoms with Gasteiger partial charge in [-0.2, -0.15) is 5.10 Å². The second-order valence-corrected chi connectivity index (χ2v) is 13.4. The molecular formula is C42H36N4O6S. The Labute approximate surface area is 309 Å². The van der Waals surface area contributed by atoms with Crippen molar-refractivity contribution in [1.29, 1.82) is 0 Å². The van der Waals surface area contributed by atoms with Crippen LogP contribution in [0.2, 0.25) is 0 Å². The van der Waals surface area contributed by atoms with Crippen LogP contribution in [0.1, 0.15) is 53.4 Å². The van der Waals surface area contributed by atoms with Crippen LogP contribution in [0.15, 0.2) is 136 Å². The predicted molar refractivity (Wildman–Crippen MR) is 203 cm³/mol. The van der Waals surface area contributed by atoms with E-state index < -0.39 is 18.0 Å². The third kappa shape index (κ3) is 7.38. The number of fused-ring (bicyclic) bond motifs is 1. The predicted octanol–water partition coefficient (Wildman–Crippen LogP) is 6.41. The van der Waals surface area contributed by atoms with Crippen LogP contribution in [-0.2, 0) is 20.9 Å². The first-order valence-corrected chi connectivity index (χ1v) is 18.0. The van der Waals surface area contributed by atoms with Gasteiger partial charge in [-0.3, -0.25) is 9.36 Å². The quantitative estimate of drug-likeness (QED) is 0.142. The molecule has 2 aromatic heterocycles. The van der Waals surface area contributed by atoms with Crippen LogP contribution in [0.4, 0.5) is 0 Å². The molecule has 0 saturated heterocycles. The monoisotopic (exact) mass is 724 g/mol. The summed E-state index contributed by atoms with van der Waals surface area (Å²) in [5, 5.41) is 4.94. The molecule has 0 amide bonds. The summed E-state index contributed by atoms with van der Waals surface area (Å²) in [6.07, 6.45) is 4.61. The SMILES string of the molecule is CCCOc1ccc(-c2nn(-c3ccccc3)cc2C=c2sc3n(c2=O)C(c2ccc(C(=O)OC)cc2)C(C(=O)OCc2ccccc2)=C(C)N=3)cc1. The molecule has 0 radical (unpaired) electrons. The maximum atomic E-state index is 14.5. The number of nitrogens with zero attached hydrogens (tertiary/aromatic N) is 4. The number of carbonyl (C=O) groups is 2. The lowest BCUT2D eigenvalue weighted by atomic mass is 9.95. The minimum absolute atomic E-state index is 0.0504. The van der Waals surface area contributed by atoms with Gasteiger partial charge in [-0.15, -0.1) is 0 Å². The number of rotatable bonds is 11. The van der Waals surface area contributed by atoms with Crippen LogP contribution in [0.3, 0.4) is 0 Å². The van der Waals surface area contributed by atoms with Crippen molar-refractivity contribution in [3.8, 4) is 22.7 Å². The maximum absolute atomic E-state index is 14.5. The van der Waals surface area contributed by atoms with Crippen molar-refractivity contribution in [2.45, 2.75) is 32.9 Å². The fourth-order valence-corrected chi connectivity index (χ4v) is 7.16. The van der Waals surface area contributed by atoms with E-state index in [0.717, 1.165) is 34.5 Å². The van der Waals surface area contributed by atoms with E-state index in [4.69, 9.17) is 24.3 Å². The molecule has 0 spiro atoms. The lowest BCUT2D eigenvalue weighted by molar-refractivity contribution is -0.140. The number of aromatic nitrogens is 3. The first-order valence-electron chi connectivity index (χ1n) is 17.1. The molecule has 3 heterocycles. The topological polar surface area (TPSA) is 114 Å². The smallest absolute Gasteiger partial charge is 0.338 e. The highest BCUT2D eigenvalue weighted by Crippen LogP contribution is 2.32. The molecular weight excluding hydrogens is 689 g/mol. The molecule has 6 aromatic rings. The summed E-state index contributed by atoms with van der Waals surface area (Å²) in [5.74, 6) is -0.324. The van der Waals surface area contributed by atoms with Crippen LogP contribution < -0.4 is 19.6 Å². The molecule has 1 unspecified atom stereocenters. The van der Waals surface area contributed by atoms with Gasteiger partial charge < -0.3 is 14.2 Å². The number of methoxy groups -OCH3 is 1. The molecule has 4 aromatic carbocycles. The minimum Gasteiger partial charge on any atom is -0.494 e. The number of hydrogen-bond donors (Lipinski definition) is 0. The highest BCUT2D eigenvalue weighted by Gasteiger charge is 2.33. The molecule has 1 atom stereocenters. The average Bonchev–Trinajstić information content (AvgIpc) is 3.76. The van der Waals surface area contributed by atoms with E-state index >= 15 is 0 Å². The third-order valence-corrected chi connectivity index (χ3v) is 9.74. The number of benzene rings is 4. The van der Waals surface area contributed by atoms with Gasteiger partial charge in [0.05, 0.1) is 46.8 Å². The van der Waals surface area contributed by atoms with Gasteiger partial charge >= 0.3 is 11.9 Å². The maximum Gasteiger partial charge on any atom is 0.338 e. The molecule has 0 N–H and O–H groups in total. The Morgan fingerprint density at radius 3 is 2.26 bits per heavy atom. The number of para-hydroxylation sites is 1. The van der Waals surface area contributed by atoms with E-state index in [2.05, 4.69) is 6.92 Å². The second kappa shape index (κ2) is 15.5. The fraction of sp³-hybridized carbons (Fsp3) is 0.167. The minimum atomic E-state index is -0.870. The van der Waals surface area contributed by atoms with E-state index in [1.54, 1.807) is 35.9 Å². The Morgan fingerprint density at radius 2 is 1.58 bits per heavy atom. The summed E-state index contributed by atoms with van der Waals surface area (Å²) in [7, 11) is 1.31. The summed E-state index contributed by atoms with van der Waals surface area (Å²) < 4.78 is 20.2. The molecule has 53 heavy (non-hydrogen) atoms. The van der Waals surface area contributed by atoms with Gasteiger partial charge in [0, 0.05) is 17.3 Å². The summed E-state index contributed by atoms with van der Waals surface area (Å²) in [4.78, 5) is 45.9. The highest BCUT2D eigenvalue weighted by atomic mass is 32.1. The van der Waals surface area contributed by atoms with Crippen molar-refractivity contribution in [1.82, 2.24) is 14.3 Å². The first-order chi connectivity index (χ1) is 25.8. The normalized spacial score (nSPS) is 14.0. The van der Waals surface area contributed by atoms with Gasteiger partial charge in [0.15, 0.2) is 4.80 Å². The van der Waals surface area contributed by atoms with Gasteiger partial charge in [0.2, 0.25) is 0 Å². The zero-order valence-electron chi connectivity index (χ0n) is 29.4. The first kappa shape index (κ1) is 35.1. The largest absolute Gasteiger partial charge is 0.494 e. The summed E-state index contributed by atoms with van der Waals surface area (Å²) in [6, 6.07) is 32.6. The molecule has 0 fully saturated rings. The summed E-state index contributed by atoms with van der Waals surface area (Å²) in [6.45, 7) is 4.47. The number of allylic oxidation sites excluding steroid dienone is 1. The average molecular weight is 725 g/mol. The van der Waals surface area contributed by atoms with Crippen LogP contribution in [0, 0.1) is 0 Å². The van der Waals surface area contributed by atoms with Gasteiger partial charge in [0.25, 0.3) is 5.56 Å². The molecule has 10 nitrogen and oxygen atoms in total. The van der Waals surface area contributed by atoms with Gasteiger partial charge in [-0.05, 0) is 79.1 Å². The van der Waals surface area contributed by atoms with Crippen LogP contribution in [-0.4, -0.2) is 40.0 Å². The Morgan fingerprint density at radius 1 is 0.887 bits per heavy atom. The number of hydrogen-bond acceptors (Lipinski definition) is 9. The molecule has 11 heteroatoms. The van der Waals surface area contributed by atoms with Crippen molar-refractivity contribution in [2.24, 2.45) is 4.99 Å². The molecule has 1 aliphatic rings. The second-order valence-electron chi connectivity index (χ2n) is 12.3. The Bertz CT molecular complexity index is 2480. The third-order valence-electron chi connectivity index (χ3n) is 8.75. The van der Waals surface area contributed by atoms with Crippen molar-refractivity contribution < 1.29 is 23.8 Å². The number of carbonyl (C=O) groups excluding carboxylic acids is 2. The molecule has 7 rings (SSSR count). The van der Waals surface area contributed by atoms with Crippen LogP contribution in [0.25, 0.3) is 23.0 Å². The Balaban J connectivity index is 1.34. The number of ether oxygens (including phenoxy) is 3. The van der Waals surface area contributed by atoms with Gasteiger partial charge in [0.1, 0.15) is 18.1 Å². The van der Waals surface area contributed by atoms with Crippen molar-refractivity contribution in [3.63, 3.8) is 0 Å². The molecule has 1 aliphatic heterocycles. The molecule has 0 bridgehead atoms. The standard InChI is InChI=1S/C42H36N4O6S/c1-4-23-51-34-21-19-29(20-22-34)37-32(25-45(44-37)33-13-9-6-10-14-33)24-35-39(47)46-38(30-15-17-31(18-16-30)40(48)50-3)36(27(2)43-42(46)53-35)41(49)52-26-28-11-7-5-8-12-28/h5-22,24-25,38H,4,23,26H2,1-3H3. The van der Waals surface area contributed by atoms with Crippen molar-refractivity contribution in [3.05, 3.63) is 169 Å². The van der Waals surface area contributed by atoms with Crippen LogP contribution >= 0.6 is 11.3 Å². The van der Waals surface area contributed by atoms with Gasteiger partial charge in [-0.1, -0.05) is 78.9 Å². The number of thiazole rings is 1. The fourth-order valence-electron chi connectivity index (χ4n) is 6.12. The Kier molecular flexibility index (Phi) is 10.3.